The Morgan fingerprint density at radius 2 is 2.14 bits per heavy atom. The maximum Gasteiger partial charge on any atom is 0.278 e. The zero-order valence-electron chi connectivity index (χ0n) is 11.9. The Morgan fingerprint density at radius 1 is 1.29 bits per heavy atom. The molecule has 0 aliphatic carbocycles. The maximum absolute atomic E-state index is 5.51. The zero-order valence-corrected chi connectivity index (χ0v) is 11.9. The fraction of sp³-hybridized carbons (Fsp3) is 0.267. The molecule has 0 atom stereocenters. The minimum Gasteiger partial charge on any atom is -0.335 e. The SMILES string of the molecule is Cc1ccccc1Cc1noc(-c2cn(CCN)cn2)n1. The Kier molecular flexibility index (Phi) is 3.79. The smallest absolute Gasteiger partial charge is 0.278 e. The number of aryl methyl sites for hydroxylation is 1. The van der Waals surface area contributed by atoms with Gasteiger partial charge in [0.1, 0.15) is 5.69 Å². The van der Waals surface area contributed by atoms with Gasteiger partial charge in [-0.2, -0.15) is 4.98 Å². The molecule has 108 valence electrons. The lowest BCUT2D eigenvalue weighted by molar-refractivity contribution is 0.423. The van der Waals surface area contributed by atoms with Crippen LogP contribution in [0, 0.1) is 6.92 Å². The van der Waals surface area contributed by atoms with Gasteiger partial charge in [0.15, 0.2) is 5.82 Å². The van der Waals surface area contributed by atoms with Crippen LogP contribution in [0.1, 0.15) is 17.0 Å². The second-order valence-corrected chi connectivity index (χ2v) is 4.90. The van der Waals surface area contributed by atoms with E-state index in [0.29, 0.717) is 30.4 Å². The second kappa shape index (κ2) is 5.88. The summed E-state index contributed by atoms with van der Waals surface area (Å²) in [5.74, 6) is 1.10. The first-order chi connectivity index (χ1) is 10.3. The molecule has 2 N–H and O–H groups in total. The van der Waals surface area contributed by atoms with E-state index in [0.717, 1.165) is 6.54 Å². The van der Waals surface area contributed by atoms with Crippen LogP contribution in [0.5, 0.6) is 0 Å². The van der Waals surface area contributed by atoms with Gasteiger partial charge in [-0.05, 0) is 18.1 Å². The fourth-order valence-corrected chi connectivity index (χ4v) is 2.15. The van der Waals surface area contributed by atoms with E-state index in [1.54, 1.807) is 6.33 Å². The van der Waals surface area contributed by atoms with Crippen molar-refractivity contribution in [2.24, 2.45) is 5.73 Å². The number of aromatic nitrogens is 4. The van der Waals surface area contributed by atoms with Gasteiger partial charge in [-0.1, -0.05) is 29.4 Å². The van der Waals surface area contributed by atoms with Crippen molar-refractivity contribution >= 4 is 0 Å². The highest BCUT2D eigenvalue weighted by molar-refractivity contribution is 5.44. The van der Waals surface area contributed by atoms with E-state index in [2.05, 4.69) is 34.2 Å². The van der Waals surface area contributed by atoms with Crippen molar-refractivity contribution in [3.8, 4) is 11.6 Å². The van der Waals surface area contributed by atoms with Gasteiger partial charge in [-0.25, -0.2) is 4.98 Å². The molecule has 0 aliphatic heterocycles. The monoisotopic (exact) mass is 283 g/mol. The minimum atomic E-state index is 0.439. The van der Waals surface area contributed by atoms with E-state index < -0.39 is 0 Å². The first kappa shape index (κ1) is 13.5. The van der Waals surface area contributed by atoms with Crippen molar-refractivity contribution in [3.05, 3.63) is 53.7 Å². The molecule has 0 amide bonds. The molecular formula is C15H17N5O. The molecule has 2 heterocycles. The quantitative estimate of drug-likeness (QED) is 0.772. The van der Waals surface area contributed by atoms with Gasteiger partial charge >= 0.3 is 0 Å². The van der Waals surface area contributed by atoms with E-state index in [9.17, 15) is 0 Å². The lowest BCUT2D eigenvalue weighted by Gasteiger charge is -2.00. The number of benzene rings is 1. The minimum absolute atomic E-state index is 0.439. The summed E-state index contributed by atoms with van der Waals surface area (Å²) in [5.41, 5.74) is 8.60. The summed E-state index contributed by atoms with van der Waals surface area (Å²) >= 11 is 0. The van der Waals surface area contributed by atoms with Crippen LogP contribution in [0.15, 0.2) is 41.3 Å². The molecule has 0 fully saturated rings. The maximum atomic E-state index is 5.51. The number of nitrogens with two attached hydrogens (primary N) is 1. The predicted molar refractivity (Wildman–Crippen MR) is 78.6 cm³/mol. The van der Waals surface area contributed by atoms with Crippen LogP contribution in [-0.2, 0) is 13.0 Å². The van der Waals surface area contributed by atoms with E-state index >= 15 is 0 Å². The predicted octanol–water partition coefficient (Wildman–Crippen LogP) is 1.79. The van der Waals surface area contributed by atoms with Gasteiger partial charge in [-0.15, -0.1) is 0 Å². The molecule has 3 rings (SSSR count). The number of imidazole rings is 1. The van der Waals surface area contributed by atoms with Gasteiger partial charge in [-0.3, -0.25) is 0 Å². The lowest BCUT2D eigenvalue weighted by atomic mass is 10.1. The topological polar surface area (TPSA) is 82.8 Å². The molecular weight excluding hydrogens is 266 g/mol. The summed E-state index contributed by atoms with van der Waals surface area (Å²) in [4.78, 5) is 8.66. The van der Waals surface area contributed by atoms with Crippen LogP contribution >= 0.6 is 0 Å². The molecule has 2 aromatic heterocycles. The summed E-state index contributed by atoms with van der Waals surface area (Å²) in [6.07, 6.45) is 4.23. The van der Waals surface area contributed by atoms with E-state index in [1.165, 1.54) is 11.1 Å². The standard InChI is InChI=1S/C15H17N5O/c1-11-4-2-3-5-12(11)8-14-18-15(21-19-14)13-9-20(7-6-16)10-17-13/h2-5,9-10H,6-8,16H2,1H3. The van der Waals surface area contributed by atoms with Gasteiger partial charge in [0, 0.05) is 25.7 Å². The molecule has 0 spiro atoms. The van der Waals surface area contributed by atoms with E-state index in [-0.39, 0.29) is 0 Å². The number of hydrogen-bond donors (Lipinski definition) is 1. The first-order valence-corrected chi connectivity index (χ1v) is 6.85. The molecule has 0 unspecified atom stereocenters. The van der Waals surface area contributed by atoms with Crippen LogP contribution < -0.4 is 5.73 Å². The molecule has 1 aromatic carbocycles. The number of nitrogens with zero attached hydrogens (tertiary/aromatic N) is 4. The third kappa shape index (κ3) is 3.00. The van der Waals surface area contributed by atoms with Gasteiger partial charge < -0.3 is 14.8 Å². The highest BCUT2D eigenvalue weighted by atomic mass is 16.5. The molecule has 0 radical (unpaired) electrons. The summed E-state index contributed by atoms with van der Waals surface area (Å²) in [6, 6.07) is 8.18. The summed E-state index contributed by atoms with van der Waals surface area (Å²) < 4.78 is 7.19. The van der Waals surface area contributed by atoms with Gasteiger partial charge in [0.05, 0.1) is 6.33 Å². The fourth-order valence-electron chi connectivity index (χ4n) is 2.15. The van der Waals surface area contributed by atoms with Crippen LogP contribution in [0.3, 0.4) is 0 Å². The average Bonchev–Trinajstić information content (AvgIpc) is 3.11. The third-order valence-electron chi connectivity index (χ3n) is 3.32. The third-order valence-corrected chi connectivity index (χ3v) is 3.32. The molecule has 6 heteroatoms. The number of rotatable bonds is 5. The highest BCUT2D eigenvalue weighted by Gasteiger charge is 2.12. The van der Waals surface area contributed by atoms with Crippen molar-refractivity contribution < 1.29 is 4.52 Å². The van der Waals surface area contributed by atoms with Crippen LogP contribution in [0.25, 0.3) is 11.6 Å². The van der Waals surface area contributed by atoms with Gasteiger partial charge in [0.2, 0.25) is 0 Å². The Hall–Kier alpha value is -2.47. The molecule has 3 aromatic rings. The first-order valence-electron chi connectivity index (χ1n) is 6.85. The normalized spacial score (nSPS) is 11.0. The van der Waals surface area contributed by atoms with Crippen molar-refractivity contribution in [1.29, 1.82) is 0 Å². The van der Waals surface area contributed by atoms with Crippen molar-refractivity contribution in [2.45, 2.75) is 19.9 Å². The van der Waals surface area contributed by atoms with Crippen molar-refractivity contribution in [1.82, 2.24) is 19.7 Å². The zero-order chi connectivity index (χ0) is 14.7. The molecule has 0 saturated carbocycles. The average molecular weight is 283 g/mol. The van der Waals surface area contributed by atoms with Crippen molar-refractivity contribution in [2.75, 3.05) is 6.54 Å². The Morgan fingerprint density at radius 3 is 2.95 bits per heavy atom. The van der Waals surface area contributed by atoms with Crippen molar-refractivity contribution in [3.63, 3.8) is 0 Å². The van der Waals surface area contributed by atoms with E-state index in [4.69, 9.17) is 10.3 Å². The van der Waals surface area contributed by atoms with Crippen LogP contribution in [0.4, 0.5) is 0 Å². The lowest BCUT2D eigenvalue weighted by Crippen LogP contribution is -2.07. The van der Waals surface area contributed by atoms with Gasteiger partial charge in [0.25, 0.3) is 5.89 Å². The second-order valence-electron chi connectivity index (χ2n) is 4.90. The molecule has 0 bridgehead atoms. The molecule has 0 saturated heterocycles. The number of hydrogen-bond acceptors (Lipinski definition) is 5. The Balaban J connectivity index is 1.78. The summed E-state index contributed by atoms with van der Waals surface area (Å²) in [7, 11) is 0. The van der Waals surface area contributed by atoms with E-state index in [1.807, 2.05) is 22.9 Å². The molecule has 0 aliphatic rings. The Bertz CT molecular complexity index is 731. The molecule has 21 heavy (non-hydrogen) atoms. The summed E-state index contributed by atoms with van der Waals surface area (Å²) in [6.45, 7) is 3.36. The largest absolute Gasteiger partial charge is 0.335 e. The summed E-state index contributed by atoms with van der Waals surface area (Å²) in [5, 5.41) is 4.02. The van der Waals surface area contributed by atoms with Crippen LogP contribution in [0.2, 0.25) is 0 Å². The highest BCUT2D eigenvalue weighted by Crippen LogP contribution is 2.17. The Labute approximate surface area is 122 Å². The van der Waals surface area contributed by atoms with Crippen LogP contribution in [-0.4, -0.2) is 26.2 Å². The molecule has 6 nitrogen and oxygen atoms in total.